The van der Waals surface area contributed by atoms with Gasteiger partial charge in [-0.05, 0) is 26.0 Å². The molecular formula is C24H21Cl2N5O4. The van der Waals surface area contributed by atoms with Crippen molar-refractivity contribution in [3.63, 3.8) is 0 Å². The Bertz CT molecular complexity index is 1320. The summed E-state index contributed by atoms with van der Waals surface area (Å²) in [5, 5.41) is 4.67. The van der Waals surface area contributed by atoms with Crippen molar-refractivity contribution in [2.75, 3.05) is 12.1 Å². The molecule has 0 amide bonds. The predicted molar refractivity (Wildman–Crippen MR) is 132 cm³/mol. The molecule has 0 aliphatic heterocycles. The zero-order valence-electron chi connectivity index (χ0n) is 18.8. The first-order valence-corrected chi connectivity index (χ1v) is 11.4. The fourth-order valence-corrected chi connectivity index (χ4v) is 3.71. The second-order valence-corrected chi connectivity index (χ2v) is 8.34. The Kier molecular flexibility index (Phi) is 7.79. The van der Waals surface area contributed by atoms with Crippen LogP contribution in [0.5, 0.6) is 5.75 Å². The molecule has 1 unspecified atom stereocenters. The van der Waals surface area contributed by atoms with Gasteiger partial charge in [0.05, 0.1) is 22.2 Å². The van der Waals surface area contributed by atoms with Crippen LogP contribution in [-0.4, -0.2) is 39.0 Å². The fourth-order valence-electron chi connectivity index (χ4n) is 3.34. The Hall–Kier alpha value is -3.69. The highest BCUT2D eigenvalue weighted by Gasteiger charge is 2.25. The van der Waals surface area contributed by atoms with Crippen LogP contribution in [0.15, 0.2) is 61.3 Å². The Morgan fingerprint density at radius 3 is 2.54 bits per heavy atom. The van der Waals surface area contributed by atoms with E-state index in [0.717, 1.165) is 5.39 Å². The summed E-state index contributed by atoms with van der Waals surface area (Å²) in [6.07, 6.45) is 6.74. The maximum absolute atomic E-state index is 11.9. The number of ether oxygens (including phenoxy) is 3. The predicted octanol–water partition coefficient (Wildman–Crippen LogP) is 5.83. The van der Waals surface area contributed by atoms with Crippen LogP contribution in [0.2, 0.25) is 10.0 Å². The van der Waals surface area contributed by atoms with E-state index >= 15 is 0 Å². The van der Waals surface area contributed by atoms with Crippen LogP contribution in [0, 0.1) is 0 Å². The van der Waals surface area contributed by atoms with Crippen molar-refractivity contribution >= 4 is 46.2 Å². The van der Waals surface area contributed by atoms with Gasteiger partial charge in [0.2, 0.25) is 12.7 Å². The van der Waals surface area contributed by atoms with Gasteiger partial charge < -0.3 is 19.5 Å². The smallest absolute Gasteiger partial charge is 0.455 e. The minimum absolute atomic E-state index is 0.283. The first-order chi connectivity index (χ1) is 16.9. The fraction of sp³-hybridized carbons (Fsp3) is 0.208. The van der Waals surface area contributed by atoms with Crippen molar-refractivity contribution in [1.82, 2.24) is 19.9 Å². The largest absolute Gasteiger partial charge is 0.511 e. The van der Waals surface area contributed by atoms with Gasteiger partial charge in [-0.15, -0.1) is 0 Å². The van der Waals surface area contributed by atoms with Crippen LogP contribution in [0.3, 0.4) is 0 Å². The minimum Gasteiger partial charge on any atom is -0.455 e. The van der Waals surface area contributed by atoms with Gasteiger partial charge in [0, 0.05) is 47.5 Å². The number of hydrogen-bond donors (Lipinski definition) is 1. The number of nitrogens with zero attached hydrogens (tertiary/aromatic N) is 4. The molecule has 0 bridgehead atoms. The van der Waals surface area contributed by atoms with Crippen molar-refractivity contribution in [2.24, 2.45) is 0 Å². The maximum Gasteiger partial charge on any atom is 0.511 e. The summed E-state index contributed by atoms with van der Waals surface area (Å²) in [5.41, 5.74) is 1.74. The minimum atomic E-state index is -0.843. The molecule has 4 rings (SSSR count). The molecule has 0 aliphatic carbocycles. The average molecular weight is 514 g/mol. The summed E-state index contributed by atoms with van der Waals surface area (Å²) in [4.78, 5) is 29.1. The molecular weight excluding hydrogens is 493 g/mol. The van der Waals surface area contributed by atoms with Gasteiger partial charge in [0.15, 0.2) is 5.75 Å². The topological polar surface area (TPSA) is 108 Å². The molecule has 11 heteroatoms. The van der Waals surface area contributed by atoms with Gasteiger partial charge >= 0.3 is 6.16 Å². The average Bonchev–Trinajstić information content (AvgIpc) is 2.85. The van der Waals surface area contributed by atoms with Crippen LogP contribution in [-0.2, 0) is 9.47 Å². The quantitative estimate of drug-likeness (QED) is 0.230. The highest BCUT2D eigenvalue weighted by atomic mass is 35.5. The van der Waals surface area contributed by atoms with E-state index in [4.69, 9.17) is 37.4 Å². The molecule has 0 saturated heterocycles. The summed E-state index contributed by atoms with van der Waals surface area (Å²) in [5.74, 6) is 0.710. The summed E-state index contributed by atoms with van der Waals surface area (Å²) in [6.45, 7) is 3.05. The molecule has 1 aromatic carbocycles. The number of aromatic nitrogens is 4. The number of pyridine rings is 2. The second kappa shape index (κ2) is 11.2. The Morgan fingerprint density at radius 2 is 1.77 bits per heavy atom. The highest BCUT2D eigenvalue weighted by molar-refractivity contribution is 6.42. The molecule has 0 aliphatic rings. The molecule has 180 valence electrons. The molecule has 1 N–H and O–H groups in total. The van der Waals surface area contributed by atoms with Crippen molar-refractivity contribution < 1.29 is 19.0 Å². The van der Waals surface area contributed by atoms with Crippen molar-refractivity contribution in [3.8, 4) is 5.75 Å². The molecule has 1 atom stereocenters. The first-order valence-electron chi connectivity index (χ1n) is 10.6. The summed E-state index contributed by atoms with van der Waals surface area (Å²) in [6, 6.07) is 8.52. The molecule has 35 heavy (non-hydrogen) atoms. The van der Waals surface area contributed by atoms with Gasteiger partial charge in [-0.3, -0.25) is 9.97 Å². The molecule has 0 saturated carbocycles. The van der Waals surface area contributed by atoms with Gasteiger partial charge in [-0.25, -0.2) is 14.8 Å². The number of carbonyl (C=O) groups is 1. The van der Waals surface area contributed by atoms with Crippen molar-refractivity contribution in [1.29, 1.82) is 0 Å². The van der Waals surface area contributed by atoms with Crippen LogP contribution in [0.25, 0.3) is 10.9 Å². The highest BCUT2D eigenvalue weighted by Crippen LogP contribution is 2.40. The zero-order chi connectivity index (χ0) is 24.8. The lowest BCUT2D eigenvalue weighted by Crippen LogP contribution is -2.19. The van der Waals surface area contributed by atoms with Crippen LogP contribution < -0.4 is 10.1 Å². The normalized spacial score (nSPS) is 11.8. The molecule has 3 heterocycles. The lowest BCUT2D eigenvalue weighted by molar-refractivity contribution is -0.00807. The number of anilines is 1. The van der Waals surface area contributed by atoms with Crippen molar-refractivity contribution in [2.45, 2.75) is 26.0 Å². The van der Waals surface area contributed by atoms with E-state index in [2.05, 4.69) is 25.3 Å². The second-order valence-electron chi connectivity index (χ2n) is 7.56. The zero-order valence-corrected chi connectivity index (χ0v) is 20.3. The standard InChI is InChI=1S/C24H21Cl2N5O4/c1-14(2)35-24(32)34-13-33-22-16(7-6-15-5-3-8-28-20(15)22)21(31-23-29-9-4-10-30-23)17-11-27-12-18(25)19(17)26/h3-12,14,21H,13H2,1-2H3,(H,29,30,31). The molecule has 3 aromatic heterocycles. The third-order valence-electron chi connectivity index (χ3n) is 4.80. The molecule has 0 fully saturated rings. The van der Waals surface area contributed by atoms with E-state index < -0.39 is 19.0 Å². The van der Waals surface area contributed by atoms with E-state index in [9.17, 15) is 4.79 Å². The van der Waals surface area contributed by atoms with Gasteiger partial charge in [-0.1, -0.05) is 41.4 Å². The summed E-state index contributed by atoms with van der Waals surface area (Å²) >= 11 is 12.8. The Morgan fingerprint density at radius 1 is 1.00 bits per heavy atom. The van der Waals surface area contributed by atoms with Crippen molar-refractivity contribution in [3.05, 3.63) is 82.5 Å². The van der Waals surface area contributed by atoms with E-state index in [1.165, 1.54) is 6.20 Å². The molecule has 0 spiro atoms. The van der Waals surface area contributed by atoms with E-state index in [1.54, 1.807) is 44.7 Å². The maximum atomic E-state index is 11.9. The third-order valence-corrected chi connectivity index (χ3v) is 5.60. The summed E-state index contributed by atoms with van der Waals surface area (Å²) in [7, 11) is 0. The number of halogens is 2. The monoisotopic (exact) mass is 513 g/mol. The first kappa shape index (κ1) is 24.4. The lowest BCUT2D eigenvalue weighted by Gasteiger charge is -2.24. The number of nitrogens with one attached hydrogen (secondary N) is 1. The number of hydrogen-bond acceptors (Lipinski definition) is 9. The molecule has 0 radical (unpaired) electrons. The number of carbonyl (C=O) groups excluding carboxylic acids is 1. The Labute approximate surface area is 211 Å². The van der Waals surface area contributed by atoms with E-state index in [0.29, 0.717) is 33.4 Å². The number of benzene rings is 1. The van der Waals surface area contributed by atoms with E-state index in [1.807, 2.05) is 24.3 Å². The van der Waals surface area contributed by atoms with Crippen LogP contribution in [0.1, 0.15) is 31.0 Å². The summed E-state index contributed by atoms with van der Waals surface area (Å²) < 4.78 is 16.0. The van der Waals surface area contributed by atoms with Gasteiger partial charge in [-0.2, -0.15) is 0 Å². The van der Waals surface area contributed by atoms with Crippen LogP contribution in [0.4, 0.5) is 10.7 Å². The lowest BCUT2D eigenvalue weighted by atomic mass is 9.97. The van der Waals surface area contributed by atoms with Gasteiger partial charge in [0.25, 0.3) is 0 Å². The third kappa shape index (κ3) is 5.87. The van der Waals surface area contributed by atoms with Gasteiger partial charge in [0.1, 0.15) is 5.52 Å². The number of rotatable bonds is 8. The molecule has 9 nitrogen and oxygen atoms in total. The Balaban J connectivity index is 1.79. The van der Waals surface area contributed by atoms with Crippen LogP contribution >= 0.6 is 23.2 Å². The number of fused-ring (bicyclic) bond motifs is 1. The van der Waals surface area contributed by atoms with E-state index in [-0.39, 0.29) is 11.1 Å². The molecule has 4 aromatic rings. The SMILES string of the molecule is CC(C)OC(=O)OCOc1c(C(Nc2ncccn2)c2cncc(Cl)c2Cl)ccc2cccnc12.